The molecule has 146 valence electrons. The SMILES string of the molecule is CC1(C)C=C(O)C(CCCC=NOCc2ccc(-c3ccccc3)cc2)=CO1. The van der Waals surface area contributed by atoms with Crippen molar-refractivity contribution in [1.29, 1.82) is 0 Å². The average molecular weight is 377 g/mol. The molecule has 0 saturated carbocycles. The lowest BCUT2D eigenvalue weighted by Crippen LogP contribution is -2.22. The number of aliphatic hydroxyl groups is 1. The molecule has 0 amide bonds. The van der Waals surface area contributed by atoms with Crippen LogP contribution in [0.4, 0.5) is 0 Å². The van der Waals surface area contributed by atoms with Crippen molar-refractivity contribution in [1.82, 2.24) is 0 Å². The Balaban J connectivity index is 1.36. The number of hydrogen-bond donors (Lipinski definition) is 1. The minimum Gasteiger partial charge on any atom is -0.508 e. The lowest BCUT2D eigenvalue weighted by Gasteiger charge is -2.26. The molecule has 1 aliphatic heterocycles. The monoisotopic (exact) mass is 377 g/mol. The normalized spacial score (nSPS) is 15.6. The molecule has 4 nitrogen and oxygen atoms in total. The van der Waals surface area contributed by atoms with Crippen molar-refractivity contribution in [2.45, 2.75) is 45.3 Å². The van der Waals surface area contributed by atoms with E-state index < -0.39 is 5.60 Å². The third-order valence-corrected chi connectivity index (χ3v) is 4.54. The van der Waals surface area contributed by atoms with Crippen molar-refractivity contribution in [3.63, 3.8) is 0 Å². The minimum absolute atomic E-state index is 0.309. The Bertz CT molecular complexity index is 849. The molecule has 0 spiro atoms. The molecule has 0 unspecified atom stereocenters. The van der Waals surface area contributed by atoms with Gasteiger partial charge in [-0.2, -0.15) is 0 Å². The van der Waals surface area contributed by atoms with Crippen LogP contribution in [-0.4, -0.2) is 16.9 Å². The van der Waals surface area contributed by atoms with E-state index in [0.717, 1.165) is 30.4 Å². The first-order valence-electron chi connectivity index (χ1n) is 9.61. The predicted molar refractivity (Wildman–Crippen MR) is 113 cm³/mol. The van der Waals surface area contributed by atoms with Crippen LogP contribution in [-0.2, 0) is 16.2 Å². The molecule has 1 aliphatic rings. The molecule has 0 fully saturated rings. The van der Waals surface area contributed by atoms with Crippen LogP contribution in [0, 0.1) is 0 Å². The molecular weight excluding hydrogens is 350 g/mol. The molecule has 0 aliphatic carbocycles. The Morgan fingerprint density at radius 2 is 1.75 bits per heavy atom. The molecule has 3 rings (SSSR count). The van der Waals surface area contributed by atoms with Gasteiger partial charge in [-0.15, -0.1) is 0 Å². The number of oxime groups is 1. The van der Waals surface area contributed by atoms with Gasteiger partial charge in [-0.3, -0.25) is 0 Å². The van der Waals surface area contributed by atoms with Gasteiger partial charge in [0, 0.05) is 17.9 Å². The van der Waals surface area contributed by atoms with E-state index in [1.54, 1.807) is 18.6 Å². The zero-order valence-electron chi connectivity index (χ0n) is 16.5. The molecule has 0 radical (unpaired) electrons. The van der Waals surface area contributed by atoms with Crippen LogP contribution in [0.3, 0.4) is 0 Å². The van der Waals surface area contributed by atoms with E-state index in [9.17, 15) is 5.11 Å². The van der Waals surface area contributed by atoms with Crippen LogP contribution < -0.4 is 0 Å². The second-order valence-electron chi connectivity index (χ2n) is 7.41. The third-order valence-electron chi connectivity index (χ3n) is 4.54. The molecule has 0 aromatic heterocycles. The van der Waals surface area contributed by atoms with Gasteiger partial charge in [-0.25, -0.2) is 0 Å². The highest BCUT2D eigenvalue weighted by molar-refractivity contribution is 5.63. The zero-order chi connectivity index (χ0) is 19.8. The molecule has 2 aromatic rings. The maximum absolute atomic E-state index is 10.0. The summed E-state index contributed by atoms with van der Waals surface area (Å²) in [4.78, 5) is 5.38. The molecule has 0 atom stereocenters. The molecule has 28 heavy (non-hydrogen) atoms. The highest BCUT2D eigenvalue weighted by atomic mass is 16.6. The highest BCUT2D eigenvalue weighted by Gasteiger charge is 2.22. The minimum atomic E-state index is -0.442. The number of ether oxygens (including phenoxy) is 1. The fourth-order valence-electron chi connectivity index (χ4n) is 2.95. The molecular formula is C24H27NO3. The number of rotatable bonds is 8. The van der Waals surface area contributed by atoms with E-state index in [1.165, 1.54) is 11.1 Å². The maximum Gasteiger partial charge on any atom is 0.142 e. The number of unbranched alkanes of at least 4 members (excludes halogenated alkanes) is 1. The first kappa shape index (κ1) is 19.7. The van der Waals surface area contributed by atoms with Crippen LogP contribution in [0.1, 0.15) is 38.7 Å². The van der Waals surface area contributed by atoms with Crippen molar-refractivity contribution in [2.75, 3.05) is 0 Å². The predicted octanol–water partition coefficient (Wildman–Crippen LogP) is 6.16. The summed E-state index contributed by atoms with van der Waals surface area (Å²) in [6.45, 7) is 4.27. The number of aliphatic hydroxyl groups excluding tert-OH is 1. The van der Waals surface area contributed by atoms with E-state index in [2.05, 4.69) is 41.6 Å². The second kappa shape index (κ2) is 9.27. The van der Waals surface area contributed by atoms with Gasteiger partial charge in [0.1, 0.15) is 18.0 Å². The van der Waals surface area contributed by atoms with Gasteiger partial charge in [0.05, 0.1) is 6.26 Å². The molecule has 0 saturated heterocycles. The lowest BCUT2D eigenvalue weighted by molar-refractivity contribution is 0.0914. The Hall–Kier alpha value is -3.01. The standard InChI is InChI=1S/C24H27NO3/c1-24(2)16-23(26)22(18-27-24)10-6-7-15-25-28-17-19-11-13-21(14-12-19)20-8-4-3-5-9-20/h3-5,8-9,11-16,18,26H,6-7,10,17H2,1-2H3. The lowest BCUT2D eigenvalue weighted by atomic mass is 10.0. The van der Waals surface area contributed by atoms with Crippen molar-refractivity contribution in [3.8, 4) is 11.1 Å². The number of allylic oxidation sites excluding steroid dienone is 1. The summed E-state index contributed by atoms with van der Waals surface area (Å²) in [6.07, 6.45) is 7.55. The molecule has 0 bridgehead atoms. The quantitative estimate of drug-likeness (QED) is 0.340. The van der Waals surface area contributed by atoms with Gasteiger partial charge in [-0.05, 0) is 49.8 Å². The van der Waals surface area contributed by atoms with Crippen LogP contribution in [0.2, 0.25) is 0 Å². The summed E-state index contributed by atoms with van der Waals surface area (Å²) < 4.78 is 5.57. The molecule has 2 aromatic carbocycles. The Labute approximate surface area is 166 Å². The summed E-state index contributed by atoms with van der Waals surface area (Å²) in [5.41, 5.74) is 3.86. The van der Waals surface area contributed by atoms with Crippen LogP contribution in [0.5, 0.6) is 0 Å². The third kappa shape index (κ3) is 5.74. The average Bonchev–Trinajstić information content (AvgIpc) is 2.69. The summed E-state index contributed by atoms with van der Waals surface area (Å²) in [7, 11) is 0. The summed E-state index contributed by atoms with van der Waals surface area (Å²) in [6, 6.07) is 18.6. The van der Waals surface area contributed by atoms with E-state index in [4.69, 9.17) is 9.57 Å². The van der Waals surface area contributed by atoms with Crippen molar-refractivity contribution < 1.29 is 14.7 Å². The van der Waals surface area contributed by atoms with E-state index in [-0.39, 0.29) is 0 Å². The van der Waals surface area contributed by atoms with Gasteiger partial charge in [0.25, 0.3) is 0 Å². The summed E-state index contributed by atoms with van der Waals surface area (Å²) >= 11 is 0. The van der Waals surface area contributed by atoms with Gasteiger partial charge in [0.15, 0.2) is 0 Å². The fraction of sp³-hybridized carbons (Fsp3) is 0.292. The number of hydrogen-bond acceptors (Lipinski definition) is 4. The largest absolute Gasteiger partial charge is 0.508 e. The summed E-state index contributed by atoms with van der Waals surface area (Å²) in [5.74, 6) is 0.309. The van der Waals surface area contributed by atoms with Crippen LogP contribution in [0.15, 0.2) is 83.4 Å². The van der Waals surface area contributed by atoms with Gasteiger partial charge >= 0.3 is 0 Å². The summed E-state index contributed by atoms with van der Waals surface area (Å²) in [5, 5.41) is 14.0. The Morgan fingerprint density at radius 1 is 1.04 bits per heavy atom. The van der Waals surface area contributed by atoms with Gasteiger partial charge < -0.3 is 14.7 Å². The van der Waals surface area contributed by atoms with Gasteiger partial charge in [0.2, 0.25) is 0 Å². The number of benzene rings is 2. The van der Waals surface area contributed by atoms with E-state index in [1.807, 2.05) is 32.0 Å². The molecule has 4 heteroatoms. The van der Waals surface area contributed by atoms with E-state index >= 15 is 0 Å². The fourth-order valence-corrected chi connectivity index (χ4v) is 2.95. The zero-order valence-corrected chi connectivity index (χ0v) is 16.5. The highest BCUT2D eigenvalue weighted by Crippen LogP contribution is 2.26. The van der Waals surface area contributed by atoms with Crippen molar-refractivity contribution in [3.05, 3.63) is 83.8 Å². The molecule has 1 heterocycles. The Morgan fingerprint density at radius 3 is 2.46 bits per heavy atom. The first-order valence-corrected chi connectivity index (χ1v) is 9.61. The van der Waals surface area contributed by atoms with Gasteiger partial charge in [-0.1, -0.05) is 59.8 Å². The Kier molecular flexibility index (Phi) is 6.53. The maximum atomic E-state index is 10.0. The molecule has 1 N–H and O–H groups in total. The van der Waals surface area contributed by atoms with Crippen LogP contribution in [0.25, 0.3) is 11.1 Å². The first-order chi connectivity index (χ1) is 13.5. The van der Waals surface area contributed by atoms with Crippen LogP contribution >= 0.6 is 0 Å². The second-order valence-corrected chi connectivity index (χ2v) is 7.41. The van der Waals surface area contributed by atoms with Crippen molar-refractivity contribution >= 4 is 6.21 Å². The van der Waals surface area contributed by atoms with Crippen molar-refractivity contribution in [2.24, 2.45) is 5.16 Å². The smallest absolute Gasteiger partial charge is 0.142 e. The number of nitrogens with zero attached hydrogens (tertiary/aromatic N) is 1. The van der Waals surface area contributed by atoms with E-state index in [0.29, 0.717) is 12.4 Å². The topological polar surface area (TPSA) is 51.1 Å².